The molecule has 20 heteroatoms. The third kappa shape index (κ3) is 8.75. The van der Waals surface area contributed by atoms with Crippen LogP contribution in [-0.2, 0) is 30.7 Å². The Labute approximate surface area is 335 Å². The number of allylic oxidation sites excluding steroid dienone is 2. The third-order valence-electron chi connectivity index (χ3n) is 9.08. The number of hydrogen-bond donors (Lipinski definition) is 5. The standard InChI is InChI=1S/C39H42N10O10/c1-6-23-32(58-19(3)42-23)36(54)46-38-44-25-15-21(34(40)52)17-27(56-5)30(25)48(38)12-8-9-13-49-31-26(16-22(35(41)53)18-28(31)57-14-10-11-29(50)51)45-39(49)47-37(55)33-24(7-2)43-20(4)59-33/h8-9,15-18H,6-7,10-14H2,1-5H3,(H2,40,52)(H2,41,53)(H,50,51)(H,44,46,54)(H,45,47,55)/b9-8+. The van der Waals surface area contributed by atoms with E-state index in [2.05, 4.69) is 30.6 Å². The van der Waals surface area contributed by atoms with Gasteiger partial charge in [-0.1, -0.05) is 26.0 Å². The predicted molar refractivity (Wildman–Crippen MR) is 212 cm³/mol. The molecule has 0 saturated heterocycles. The number of nitrogens with two attached hydrogens (primary N) is 2. The van der Waals surface area contributed by atoms with Gasteiger partial charge < -0.3 is 44.0 Å². The average molecular weight is 811 g/mol. The first kappa shape index (κ1) is 41.1. The number of oxazole rings is 2. The molecule has 0 aliphatic carbocycles. The number of fused-ring (bicyclic) bond motifs is 2. The first-order chi connectivity index (χ1) is 28.2. The number of anilines is 2. The fraction of sp³-hybridized carbons (Fsp3) is 0.308. The average Bonchev–Trinajstić information content (AvgIpc) is 3.96. The maximum Gasteiger partial charge on any atom is 0.303 e. The lowest BCUT2D eigenvalue weighted by molar-refractivity contribution is -0.137. The highest BCUT2D eigenvalue weighted by atomic mass is 16.5. The van der Waals surface area contributed by atoms with Gasteiger partial charge in [0.25, 0.3) is 11.8 Å². The van der Waals surface area contributed by atoms with Crippen LogP contribution >= 0.6 is 0 Å². The van der Waals surface area contributed by atoms with Crippen molar-refractivity contribution in [1.82, 2.24) is 29.1 Å². The summed E-state index contributed by atoms with van der Waals surface area (Å²) in [5.41, 5.74) is 13.7. The van der Waals surface area contributed by atoms with E-state index in [1.165, 1.54) is 31.4 Å². The number of amides is 4. The van der Waals surface area contributed by atoms with E-state index in [0.29, 0.717) is 52.6 Å². The van der Waals surface area contributed by atoms with Crippen LogP contribution in [0.1, 0.15) is 91.7 Å². The number of aromatic nitrogens is 6. The lowest BCUT2D eigenvalue weighted by Gasteiger charge is -2.13. The van der Waals surface area contributed by atoms with Gasteiger partial charge in [-0.3, -0.25) is 34.6 Å². The summed E-state index contributed by atoms with van der Waals surface area (Å²) in [6, 6.07) is 5.83. The van der Waals surface area contributed by atoms with Gasteiger partial charge in [-0.05, 0) is 43.5 Å². The van der Waals surface area contributed by atoms with E-state index in [1.807, 2.05) is 13.8 Å². The molecule has 0 aliphatic rings. The zero-order chi connectivity index (χ0) is 42.5. The molecule has 0 radical (unpaired) electrons. The lowest BCUT2D eigenvalue weighted by Crippen LogP contribution is -2.17. The highest BCUT2D eigenvalue weighted by Gasteiger charge is 2.25. The molecule has 308 valence electrons. The molecule has 2 aromatic carbocycles. The number of nitrogens with zero attached hydrogens (tertiary/aromatic N) is 6. The van der Waals surface area contributed by atoms with Crippen LogP contribution in [0.3, 0.4) is 0 Å². The highest BCUT2D eigenvalue weighted by molar-refractivity contribution is 6.05. The van der Waals surface area contributed by atoms with Crippen molar-refractivity contribution in [2.24, 2.45) is 11.5 Å². The summed E-state index contributed by atoms with van der Waals surface area (Å²) in [6.07, 6.45) is 4.38. The SMILES string of the molecule is CCc1nc(C)oc1C(=O)Nc1nc2cc(C(N)=O)cc(OC)c2n1C/C=C/Cn1c(NC(=O)c2oc(C)nc2CC)nc2cc(C(N)=O)cc(OCCCC(=O)O)c21. The monoisotopic (exact) mass is 810 g/mol. The first-order valence-electron chi connectivity index (χ1n) is 18.5. The van der Waals surface area contributed by atoms with E-state index in [4.69, 9.17) is 34.9 Å². The fourth-order valence-electron chi connectivity index (χ4n) is 6.41. The number of benzene rings is 2. The highest BCUT2D eigenvalue weighted by Crippen LogP contribution is 2.33. The van der Waals surface area contributed by atoms with Gasteiger partial charge in [-0.2, -0.15) is 0 Å². The molecule has 0 saturated carbocycles. The van der Waals surface area contributed by atoms with Crippen molar-refractivity contribution in [2.45, 2.75) is 66.5 Å². The molecule has 6 rings (SSSR count). The number of rotatable bonds is 18. The molecule has 0 spiro atoms. The number of aliphatic carboxylic acids is 1. The number of hydrogen-bond acceptors (Lipinski definition) is 13. The Morgan fingerprint density at radius 1 is 0.746 bits per heavy atom. The molecule has 4 amide bonds. The largest absolute Gasteiger partial charge is 0.494 e. The summed E-state index contributed by atoms with van der Waals surface area (Å²) >= 11 is 0. The van der Waals surface area contributed by atoms with Crippen LogP contribution < -0.4 is 31.6 Å². The van der Waals surface area contributed by atoms with Crippen LogP contribution in [0.25, 0.3) is 22.1 Å². The van der Waals surface area contributed by atoms with E-state index in [9.17, 15) is 24.0 Å². The number of methoxy groups -OCH3 is 1. The molecule has 0 bridgehead atoms. The summed E-state index contributed by atoms with van der Waals surface area (Å²) in [7, 11) is 1.42. The maximum atomic E-state index is 13.6. The van der Waals surface area contributed by atoms with Gasteiger partial charge in [0.2, 0.25) is 35.2 Å². The number of ether oxygens (including phenoxy) is 2. The number of carbonyl (C=O) groups excluding carboxylic acids is 4. The van der Waals surface area contributed by atoms with E-state index in [-0.39, 0.29) is 84.1 Å². The van der Waals surface area contributed by atoms with Crippen molar-refractivity contribution in [3.05, 3.63) is 82.2 Å². The van der Waals surface area contributed by atoms with E-state index in [0.717, 1.165) is 0 Å². The maximum absolute atomic E-state index is 13.6. The van der Waals surface area contributed by atoms with E-state index < -0.39 is 29.6 Å². The number of aryl methyl sites for hydroxylation is 4. The van der Waals surface area contributed by atoms with Crippen molar-refractivity contribution in [2.75, 3.05) is 24.4 Å². The van der Waals surface area contributed by atoms with Crippen LogP contribution in [-0.4, -0.2) is 77.5 Å². The molecule has 0 aliphatic heterocycles. The number of nitrogens with one attached hydrogen (secondary N) is 2. The molecule has 6 aromatic rings. The molecule has 4 heterocycles. The van der Waals surface area contributed by atoms with Crippen LogP contribution in [0.15, 0.2) is 45.3 Å². The van der Waals surface area contributed by atoms with Crippen molar-refractivity contribution < 1.29 is 47.4 Å². The normalized spacial score (nSPS) is 11.4. The van der Waals surface area contributed by atoms with Crippen molar-refractivity contribution in [3.8, 4) is 11.5 Å². The van der Waals surface area contributed by atoms with Gasteiger partial charge in [-0.15, -0.1) is 0 Å². The van der Waals surface area contributed by atoms with Crippen LogP contribution in [0.4, 0.5) is 11.9 Å². The smallest absolute Gasteiger partial charge is 0.303 e. The molecule has 20 nitrogen and oxygen atoms in total. The van der Waals surface area contributed by atoms with Gasteiger partial charge in [-0.25, -0.2) is 19.9 Å². The van der Waals surface area contributed by atoms with Crippen LogP contribution in [0, 0.1) is 13.8 Å². The van der Waals surface area contributed by atoms with Crippen molar-refractivity contribution in [3.63, 3.8) is 0 Å². The topological polar surface area (TPSA) is 288 Å². The molecule has 0 atom stereocenters. The second-order valence-electron chi connectivity index (χ2n) is 13.2. The molecular formula is C39H42N10O10. The number of carboxylic acids is 1. The number of primary amides is 2. The minimum Gasteiger partial charge on any atom is -0.494 e. The minimum atomic E-state index is -1.00. The predicted octanol–water partition coefficient (Wildman–Crippen LogP) is 4.31. The molecule has 4 aromatic heterocycles. The molecule has 7 N–H and O–H groups in total. The lowest BCUT2D eigenvalue weighted by atomic mass is 10.1. The zero-order valence-corrected chi connectivity index (χ0v) is 32.9. The van der Waals surface area contributed by atoms with Crippen molar-refractivity contribution in [1.29, 1.82) is 0 Å². The summed E-state index contributed by atoms with van der Waals surface area (Å²) in [5, 5.41) is 14.8. The zero-order valence-electron chi connectivity index (χ0n) is 32.9. The second-order valence-corrected chi connectivity index (χ2v) is 13.2. The molecule has 0 unspecified atom stereocenters. The first-order valence-corrected chi connectivity index (χ1v) is 18.5. The van der Waals surface area contributed by atoms with E-state index >= 15 is 0 Å². The Hall–Kier alpha value is -7.51. The van der Waals surface area contributed by atoms with Gasteiger partial charge in [0, 0.05) is 44.5 Å². The third-order valence-corrected chi connectivity index (χ3v) is 9.08. The summed E-state index contributed by atoms with van der Waals surface area (Å²) in [4.78, 5) is 80.7. The Bertz CT molecular complexity index is 2650. The van der Waals surface area contributed by atoms with Gasteiger partial charge in [0.05, 0.1) is 36.1 Å². The van der Waals surface area contributed by atoms with Crippen LogP contribution in [0.5, 0.6) is 11.5 Å². The summed E-state index contributed by atoms with van der Waals surface area (Å²) in [5.74, 6) is -2.45. The van der Waals surface area contributed by atoms with Crippen LogP contribution in [0.2, 0.25) is 0 Å². The Morgan fingerprint density at radius 3 is 1.63 bits per heavy atom. The number of carbonyl (C=O) groups is 5. The summed E-state index contributed by atoms with van der Waals surface area (Å²) in [6.45, 7) is 7.06. The Morgan fingerprint density at radius 2 is 1.20 bits per heavy atom. The Balaban J connectivity index is 1.41. The minimum absolute atomic E-state index is 0.00340. The number of carboxylic acid groups (broad SMARTS) is 1. The van der Waals surface area contributed by atoms with E-state index in [1.54, 1.807) is 35.1 Å². The fourth-order valence-corrected chi connectivity index (χ4v) is 6.41. The van der Waals surface area contributed by atoms with Gasteiger partial charge in [0.1, 0.15) is 22.5 Å². The molecule has 0 fully saturated rings. The van der Waals surface area contributed by atoms with Crippen molar-refractivity contribution >= 4 is 63.6 Å². The summed E-state index contributed by atoms with van der Waals surface area (Å²) < 4.78 is 26.2. The van der Waals surface area contributed by atoms with Gasteiger partial charge in [0.15, 0.2) is 11.8 Å². The second kappa shape index (κ2) is 17.3. The Kier molecular flexibility index (Phi) is 12.1. The molecular weight excluding hydrogens is 768 g/mol. The quantitative estimate of drug-likeness (QED) is 0.0597. The number of imidazole rings is 2. The molecule has 59 heavy (non-hydrogen) atoms. The van der Waals surface area contributed by atoms with Gasteiger partial charge >= 0.3 is 5.97 Å².